The molecular formula is C55H45N. The maximum atomic E-state index is 9.23. The van der Waals surface area contributed by atoms with E-state index in [0.29, 0.717) is 50.4 Å². The zero-order chi connectivity index (χ0) is 50.7. The molecule has 0 saturated heterocycles. The van der Waals surface area contributed by atoms with Gasteiger partial charge in [0, 0.05) is 42.9 Å². The van der Waals surface area contributed by atoms with E-state index in [0.717, 1.165) is 11.1 Å². The summed E-state index contributed by atoms with van der Waals surface area (Å²) in [6.07, 6.45) is 0. The highest BCUT2D eigenvalue weighted by Crippen LogP contribution is 2.61. The lowest BCUT2D eigenvalue weighted by Gasteiger charge is -2.36. The molecule has 0 heterocycles. The highest BCUT2D eigenvalue weighted by molar-refractivity contribution is 5.99. The molecule has 0 aromatic heterocycles. The third kappa shape index (κ3) is 4.87. The van der Waals surface area contributed by atoms with Crippen molar-refractivity contribution in [2.75, 3.05) is 4.90 Å². The zero-order valence-electron chi connectivity index (χ0n) is 45.3. The van der Waals surface area contributed by atoms with Gasteiger partial charge in [0.15, 0.2) is 0 Å². The van der Waals surface area contributed by atoms with Crippen molar-refractivity contribution in [3.05, 3.63) is 232 Å². The van der Waals surface area contributed by atoms with Crippen LogP contribution in [0.1, 0.15) is 84.3 Å². The summed E-state index contributed by atoms with van der Waals surface area (Å²) in [4.78, 5) is 1.85. The summed E-state index contributed by atoms with van der Waals surface area (Å²) in [7, 11) is 0. The molecule has 2 aliphatic carbocycles. The fraction of sp³-hybridized carbons (Fsp3) is 0.127. The highest BCUT2D eigenvalue weighted by atomic mass is 15.1. The molecule has 2 aliphatic rings. The molecule has 8 aromatic carbocycles. The lowest BCUT2D eigenvalue weighted by atomic mass is 9.66. The van der Waals surface area contributed by atoms with E-state index in [1.54, 1.807) is 54.6 Å². The van der Waals surface area contributed by atoms with E-state index >= 15 is 0 Å². The van der Waals surface area contributed by atoms with Crippen molar-refractivity contribution >= 4 is 17.1 Å². The smallest absolute Gasteiger partial charge is 0.0717 e. The molecule has 0 bridgehead atoms. The topological polar surface area (TPSA) is 3.24 Å². The monoisotopic (exact) mass is 734 g/mol. The molecule has 1 nitrogen and oxygen atoms in total. The predicted molar refractivity (Wildman–Crippen MR) is 236 cm³/mol. The van der Waals surface area contributed by atoms with Gasteiger partial charge in [0.05, 0.1) is 11.1 Å². The molecule has 56 heavy (non-hydrogen) atoms. The molecule has 0 amide bonds. The molecule has 0 radical (unpaired) electrons. The van der Waals surface area contributed by atoms with Gasteiger partial charge in [0.1, 0.15) is 0 Å². The molecule has 0 aliphatic heterocycles. The van der Waals surface area contributed by atoms with Gasteiger partial charge in [-0.05, 0) is 129 Å². The van der Waals surface area contributed by atoms with Crippen molar-refractivity contribution in [3.63, 3.8) is 0 Å². The van der Waals surface area contributed by atoms with E-state index in [4.69, 9.17) is 16.4 Å². The largest absolute Gasteiger partial charge is 0.310 e. The van der Waals surface area contributed by atoms with Gasteiger partial charge in [-0.25, -0.2) is 0 Å². The van der Waals surface area contributed by atoms with E-state index < -0.39 is 61.8 Å². The van der Waals surface area contributed by atoms with Gasteiger partial charge in [-0.1, -0.05) is 165 Å². The van der Waals surface area contributed by atoms with Crippen LogP contribution in [-0.4, -0.2) is 0 Å². The summed E-state index contributed by atoms with van der Waals surface area (Å²) in [5, 5.41) is 0. The maximum absolute atomic E-state index is 9.23. The Hall–Kier alpha value is -6.44. The second kappa shape index (κ2) is 12.8. The van der Waals surface area contributed by atoms with Gasteiger partial charge in [0.25, 0.3) is 0 Å². The molecule has 0 saturated carbocycles. The van der Waals surface area contributed by atoms with Crippen LogP contribution < -0.4 is 4.90 Å². The standard InChI is InChI=1S/C55H45N/c1-36-34-47-52-49(55(41-20-11-7-12-21-41,42-22-13-8-14-23-42)53(47)38(3)37(36)2)26-17-27-51(52)56(43-30-28-40(29-31-43)39-18-9-6-10-19-39)44-32-33-46-45-24-15-16-25-48(45)54(4,5)50(46)35-44/h6-35H,1-5H3/i1D3,2D3,3D3,4D3,5D3. The number of hydrogen-bond acceptors (Lipinski definition) is 1. The first-order chi connectivity index (χ1) is 33.4. The van der Waals surface area contributed by atoms with Gasteiger partial charge in [-0.15, -0.1) is 0 Å². The summed E-state index contributed by atoms with van der Waals surface area (Å²) in [5.41, 5.74) is 0.533. The zero-order valence-corrected chi connectivity index (χ0v) is 30.3. The number of benzene rings is 8. The van der Waals surface area contributed by atoms with Gasteiger partial charge in [0.2, 0.25) is 0 Å². The van der Waals surface area contributed by atoms with Crippen molar-refractivity contribution in [1.82, 2.24) is 0 Å². The molecule has 0 N–H and O–H groups in total. The Morgan fingerprint density at radius 1 is 0.446 bits per heavy atom. The Morgan fingerprint density at radius 2 is 1.05 bits per heavy atom. The van der Waals surface area contributed by atoms with Gasteiger partial charge in [-0.2, -0.15) is 0 Å². The molecule has 0 unspecified atom stereocenters. The average Bonchev–Trinajstić information content (AvgIpc) is 3.80. The minimum atomic E-state index is -3.20. The highest BCUT2D eigenvalue weighted by Gasteiger charge is 2.49. The summed E-state index contributed by atoms with van der Waals surface area (Å²) in [6, 6.07) is 54.1. The molecular weight excluding hydrogens is 675 g/mol. The molecule has 1 heteroatoms. The lowest BCUT2D eigenvalue weighted by Crippen LogP contribution is -2.29. The number of fused-ring (bicyclic) bond motifs is 6. The Labute approximate surface area is 352 Å². The molecule has 8 aromatic rings. The molecule has 10 rings (SSSR count). The number of aryl methyl sites for hydroxylation is 1. The van der Waals surface area contributed by atoms with Crippen LogP contribution in [0.3, 0.4) is 0 Å². The number of anilines is 3. The van der Waals surface area contributed by atoms with Crippen LogP contribution in [0.4, 0.5) is 17.1 Å². The van der Waals surface area contributed by atoms with Crippen LogP contribution >= 0.6 is 0 Å². The van der Waals surface area contributed by atoms with Crippen molar-refractivity contribution in [2.45, 2.75) is 45.1 Å². The normalized spacial score (nSPS) is 19.2. The number of nitrogens with zero attached hydrogens (tertiary/aromatic N) is 1. The average molecular weight is 735 g/mol. The van der Waals surface area contributed by atoms with Crippen LogP contribution in [0.2, 0.25) is 0 Å². The molecule has 270 valence electrons. The van der Waals surface area contributed by atoms with Crippen LogP contribution in [0, 0.1) is 20.6 Å². The van der Waals surface area contributed by atoms with Crippen molar-refractivity contribution < 1.29 is 20.6 Å². The van der Waals surface area contributed by atoms with Gasteiger partial charge >= 0.3 is 0 Å². The van der Waals surface area contributed by atoms with Crippen LogP contribution in [0.25, 0.3) is 33.4 Å². The molecule has 0 fully saturated rings. The third-order valence-corrected chi connectivity index (χ3v) is 11.6. The Balaban J connectivity index is 1.39. The van der Waals surface area contributed by atoms with Gasteiger partial charge < -0.3 is 4.90 Å². The van der Waals surface area contributed by atoms with E-state index in [2.05, 4.69) is 0 Å². The summed E-state index contributed by atoms with van der Waals surface area (Å²) < 4.78 is 135. The Morgan fingerprint density at radius 3 is 1.73 bits per heavy atom. The minimum Gasteiger partial charge on any atom is -0.310 e. The first kappa shape index (κ1) is 21.6. The van der Waals surface area contributed by atoms with E-state index in [1.807, 2.05) is 126 Å². The predicted octanol–water partition coefficient (Wildman–Crippen LogP) is 14.4. The first-order valence-corrected chi connectivity index (χ1v) is 18.6. The van der Waals surface area contributed by atoms with Crippen molar-refractivity contribution in [3.8, 4) is 33.4 Å². The minimum absolute atomic E-state index is 0.0645. The fourth-order valence-corrected chi connectivity index (χ4v) is 9.14. The second-order valence-electron chi connectivity index (χ2n) is 14.6. The van der Waals surface area contributed by atoms with Crippen molar-refractivity contribution in [2.24, 2.45) is 0 Å². The van der Waals surface area contributed by atoms with E-state index in [1.165, 1.54) is 6.07 Å². The molecule has 0 atom stereocenters. The summed E-state index contributed by atoms with van der Waals surface area (Å²) in [6.45, 7) is -15.6. The SMILES string of the molecule is [2H]C([2H])([2H])c1cc2c(c(C([2H])([2H])[2H])c1C([2H])([2H])[2H])C(c1ccccc1)(c1ccccc1)c1cccc(N(c3ccc(-c4ccccc4)cc3)c3ccc4c(c3)C(C([2H])([2H])[2H])(C([2H])([2H])[2H])c3ccccc3-4)c1-2. The van der Waals surface area contributed by atoms with Crippen LogP contribution in [0.15, 0.2) is 182 Å². The van der Waals surface area contributed by atoms with Crippen LogP contribution in [0.5, 0.6) is 0 Å². The number of hydrogen-bond donors (Lipinski definition) is 0. The lowest BCUT2D eigenvalue weighted by molar-refractivity contribution is 0.660. The quantitative estimate of drug-likeness (QED) is 0.164. The van der Waals surface area contributed by atoms with E-state index in [-0.39, 0.29) is 22.3 Å². The van der Waals surface area contributed by atoms with E-state index in [9.17, 15) is 4.11 Å². The first-order valence-electron chi connectivity index (χ1n) is 26.1. The second-order valence-corrected chi connectivity index (χ2v) is 14.6. The summed E-state index contributed by atoms with van der Waals surface area (Å²) in [5.74, 6) is 0. The van der Waals surface area contributed by atoms with Gasteiger partial charge in [-0.3, -0.25) is 0 Å². The Bertz CT molecular complexity index is 3280. The fourth-order valence-electron chi connectivity index (χ4n) is 9.14. The van der Waals surface area contributed by atoms with Crippen LogP contribution in [-0.2, 0) is 10.8 Å². The molecule has 0 spiro atoms. The number of rotatable bonds is 6. The maximum Gasteiger partial charge on any atom is 0.0717 e. The third-order valence-electron chi connectivity index (χ3n) is 11.6. The van der Waals surface area contributed by atoms with Crippen molar-refractivity contribution in [1.29, 1.82) is 0 Å². The summed E-state index contributed by atoms with van der Waals surface area (Å²) >= 11 is 0. The Kier molecular flexibility index (Phi) is 4.94.